The van der Waals surface area contributed by atoms with Crippen molar-refractivity contribution in [3.05, 3.63) is 181 Å². The Morgan fingerprint density at radius 3 is 1.57 bits per heavy atom. The average Bonchev–Trinajstić information content (AvgIpc) is 3.42. The van der Waals surface area contributed by atoms with E-state index in [2.05, 4.69) is 178 Å². The van der Waals surface area contributed by atoms with E-state index in [4.69, 9.17) is 9.97 Å². The van der Waals surface area contributed by atoms with E-state index in [0.717, 1.165) is 44.3 Å². The van der Waals surface area contributed by atoms with Crippen molar-refractivity contribution in [1.29, 1.82) is 0 Å². The van der Waals surface area contributed by atoms with Crippen LogP contribution in [0.1, 0.15) is 25.0 Å². The first-order chi connectivity index (χ1) is 25.0. The zero-order valence-electron chi connectivity index (χ0n) is 28.6. The molecule has 2 nitrogen and oxygen atoms in total. The van der Waals surface area contributed by atoms with Gasteiger partial charge in [0.05, 0.1) is 22.4 Å². The first-order valence-electron chi connectivity index (χ1n) is 17.7. The van der Waals surface area contributed by atoms with Crippen LogP contribution in [0.4, 0.5) is 0 Å². The minimum Gasteiger partial charge on any atom is -0.245 e. The van der Waals surface area contributed by atoms with Crippen LogP contribution < -0.4 is 0 Å². The molecule has 0 radical (unpaired) electrons. The maximum Gasteiger partial charge on any atom is 0.0972 e. The van der Waals surface area contributed by atoms with Gasteiger partial charge in [-0.15, -0.1) is 0 Å². The van der Waals surface area contributed by atoms with Gasteiger partial charge in [0.15, 0.2) is 0 Å². The largest absolute Gasteiger partial charge is 0.245 e. The summed E-state index contributed by atoms with van der Waals surface area (Å²) in [7, 11) is 0. The first-order valence-corrected chi connectivity index (χ1v) is 17.7. The van der Waals surface area contributed by atoms with Crippen LogP contribution in [0.25, 0.3) is 88.5 Å². The maximum absolute atomic E-state index is 5.25. The Labute approximate surface area is 297 Å². The molecular formula is C49H34N2. The van der Waals surface area contributed by atoms with E-state index in [-0.39, 0.29) is 5.41 Å². The van der Waals surface area contributed by atoms with Crippen LogP contribution in [-0.4, -0.2) is 9.97 Å². The van der Waals surface area contributed by atoms with Crippen LogP contribution >= 0.6 is 0 Å². The molecule has 0 bridgehead atoms. The van der Waals surface area contributed by atoms with Crippen molar-refractivity contribution in [3.8, 4) is 55.9 Å². The quantitative estimate of drug-likeness (QED) is 0.177. The SMILES string of the molecule is CC1(C)c2ccccc2-c2ccc(-c3ccc(-c4cccc(-c5ccc6ccc7ccc(-c8ccccc8)nc7c6n5)c4)c4ccccc34)cc21. The van der Waals surface area contributed by atoms with Crippen molar-refractivity contribution in [1.82, 2.24) is 9.97 Å². The minimum atomic E-state index is -0.0402. The van der Waals surface area contributed by atoms with Crippen LogP contribution in [0, 0.1) is 0 Å². The molecule has 0 atom stereocenters. The summed E-state index contributed by atoms with van der Waals surface area (Å²) in [5.41, 5.74) is 16.3. The third-order valence-electron chi connectivity index (χ3n) is 10.9. The molecule has 0 saturated heterocycles. The smallest absolute Gasteiger partial charge is 0.0972 e. The van der Waals surface area contributed by atoms with E-state index in [0.29, 0.717) is 0 Å². The molecule has 0 unspecified atom stereocenters. The Balaban J connectivity index is 1.06. The average molecular weight is 651 g/mol. The number of fused-ring (bicyclic) bond motifs is 7. The van der Waals surface area contributed by atoms with Gasteiger partial charge in [-0.05, 0) is 79.5 Å². The lowest BCUT2D eigenvalue weighted by Gasteiger charge is -2.22. The molecule has 9 aromatic rings. The molecule has 2 heterocycles. The normalized spacial score (nSPS) is 13.1. The molecule has 51 heavy (non-hydrogen) atoms. The maximum atomic E-state index is 5.25. The first kappa shape index (κ1) is 29.5. The predicted molar refractivity (Wildman–Crippen MR) is 214 cm³/mol. The Morgan fingerprint density at radius 2 is 0.863 bits per heavy atom. The molecule has 0 amide bonds. The molecular weight excluding hydrogens is 617 g/mol. The lowest BCUT2D eigenvalue weighted by Crippen LogP contribution is -2.14. The van der Waals surface area contributed by atoms with Gasteiger partial charge in [-0.3, -0.25) is 0 Å². The number of rotatable bonds is 4. The van der Waals surface area contributed by atoms with E-state index in [1.165, 1.54) is 55.3 Å². The number of aromatic nitrogens is 2. The number of hydrogen-bond acceptors (Lipinski definition) is 2. The van der Waals surface area contributed by atoms with E-state index < -0.39 is 0 Å². The summed E-state index contributed by atoms with van der Waals surface area (Å²) in [5.74, 6) is 0. The van der Waals surface area contributed by atoms with Gasteiger partial charge in [-0.25, -0.2) is 9.97 Å². The highest BCUT2D eigenvalue weighted by Gasteiger charge is 2.35. The van der Waals surface area contributed by atoms with Gasteiger partial charge >= 0.3 is 0 Å². The highest BCUT2D eigenvalue weighted by atomic mass is 14.8. The molecule has 1 aliphatic rings. The molecule has 2 heteroatoms. The summed E-state index contributed by atoms with van der Waals surface area (Å²) in [6.45, 7) is 4.70. The lowest BCUT2D eigenvalue weighted by molar-refractivity contribution is 0.660. The Bertz CT molecular complexity index is 2830. The van der Waals surface area contributed by atoms with Crippen molar-refractivity contribution in [3.63, 3.8) is 0 Å². The van der Waals surface area contributed by atoms with Gasteiger partial charge in [0.25, 0.3) is 0 Å². The second kappa shape index (κ2) is 11.3. The van der Waals surface area contributed by atoms with Crippen LogP contribution in [0.5, 0.6) is 0 Å². The fraction of sp³-hybridized carbons (Fsp3) is 0.0612. The summed E-state index contributed by atoms with van der Waals surface area (Å²) in [6, 6.07) is 61.3. The molecule has 10 rings (SSSR count). The number of hydrogen-bond donors (Lipinski definition) is 0. The van der Waals surface area contributed by atoms with Crippen LogP contribution in [-0.2, 0) is 5.41 Å². The van der Waals surface area contributed by atoms with Crippen molar-refractivity contribution in [2.24, 2.45) is 0 Å². The zero-order chi connectivity index (χ0) is 34.1. The molecule has 0 spiro atoms. The predicted octanol–water partition coefficient (Wildman–Crippen LogP) is 12.9. The number of pyridine rings is 2. The van der Waals surface area contributed by atoms with Crippen LogP contribution in [0.15, 0.2) is 170 Å². The third kappa shape index (κ3) is 4.71. The molecule has 0 aliphatic heterocycles. The summed E-state index contributed by atoms with van der Waals surface area (Å²) in [4.78, 5) is 10.4. The van der Waals surface area contributed by atoms with E-state index >= 15 is 0 Å². The van der Waals surface area contributed by atoms with Gasteiger partial charge in [0.1, 0.15) is 0 Å². The third-order valence-corrected chi connectivity index (χ3v) is 10.9. The van der Waals surface area contributed by atoms with E-state index in [9.17, 15) is 0 Å². The molecule has 0 N–H and O–H groups in total. The highest BCUT2D eigenvalue weighted by molar-refractivity contribution is 6.06. The molecule has 2 aromatic heterocycles. The molecule has 7 aromatic carbocycles. The van der Waals surface area contributed by atoms with Crippen molar-refractivity contribution in [2.75, 3.05) is 0 Å². The van der Waals surface area contributed by atoms with E-state index in [1.54, 1.807) is 0 Å². The summed E-state index contributed by atoms with van der Waals surface area (Å²) >= 11 is 0. The Morgan fingerprint density at radius 1 is 0.353 bits per heavy atom. The molecule has 0 fully saturated rings. The van der Waals surface area contributed by atoms with Gasteiger partial charge < -0.3 is 0 Å². The van der Waals surface area contributed by atoms with Gasteiger partial charge in [-0.1, -0.05) is 159 Å². The summed E-state index contributed by atoms with van der Waals surface area (Å²) in [5, 5.41) is 4.67. The Kier molecular flexibility index (Phi) is 6.56. The molecule has 240 valence electrons. The van der Waals surface area contributed by atoms with Crippen molar-refractivity contribution < 1.29 is 0 Å². The van der Waals surface area contributed by atoms with Gasteiger partial charge in [-0.2, -0.15) is 0 Å². The Hall–Kier alpha value is -6.38. The highest BCUT2D eigenvalue weighted by Crippen LogP contribution is 2.50. The topological polar surface area (TPSA) is 25.8 Å². The van der Waals surface area contributed by atoms with Gasteiger partial charge in [0, 0.05) is 27.3 Å². The van der Waals surface area contributed by atoms with Crippen LogP contribution in [0.3, 0.4) is 0 Å². The second-order valence-electron chi connectivity index (χ2n) is 14.2. The lowest BCUT2D eigenvalue weighted by atomic mass is 9.81. The van der Waals surface area contributed by atoms with Crippen LogP contribution in [0.2, 0.25) is 0 Å². The van der Waals surface area contributed by atoms with Gasteiger partial charge in [0.2, 0.25) is 0 Å². The van der Waals surface area contributed by atoms with E-state index in [1.807, 2.05) is 6.07 Å². The standard InChI is InChI=1S/C49H34N2/c1-49(2)43-18-9-8-17-41(43)42-24-21-35(30-44(42)49)38-26-25-37(39-15-6-7-16-40(38)39)34-13-10-14-36(29-34)46-28-23-33-20-19-32-22-27-45(31-11-4-3-5-12-31)50-47(32)48(33)51-46/h3-30H,1-2H3. The number of benzene rings is 7. The minimum absolute atomic E-state index is 0.0402. The summed E-state index contributed by atoms with van der Waals surface area (Å²) < 4.78 is 0. The second-order valence-corrected chi connectivity index (χ2v) is 14.2. The zero-order valence-corrected chi connectivity index (χ0v) is 28.6. The fourth-order valence-corrected chi connectivity index (χ4v) is 8.22. The monoisotopic (exact) mass is 650 g/mol. The summed E-state index contributed by atoms with van der Waals surface area (Å²) in [6.07, 6.45) is 0. The fourth-order valence-electron chi connectivity index (χ4n) is 8.22. The molecule has 1 aliphatic carbocycles. The van der Waals surface area contributed by atoms with Crippen molar-refractivity contribution in [2.45, 2.75) is 19.3 Å². The van der Waals surface area contributed by atoms with Crippen molar-refractivity contribution >= 4 is 32.6 Å². The molecule has 0 saturated carbocycles. The number of nitrogens with zero attached hydrogens (tertiary/aromatic N) is 2.